The van der Waals surface area contributed by atoms with Crippen LogP contribution in [0.3, 0.4) is 0 Å². The highest BCUT2D eigenvalue weighted by atomic mass is 19.1. The number of benzene rings is 1. The molecular weight excluding hydrogens is 233 g/mol. The first-order chi connectivity index (χ1) is 8.76. The maximum Gasteiger partial charge on any atom is 0.131 e. The molecule has 4 heteroatoms. The van der Waals surface area contributed by atoms with Crippen LogP contribution in [0.15, 0.2) is 12.1 Å². The first-order valence-electron chi connectivity index (χ1n) is 6.35. The largest absolute Gasteiger partial charge is 0.496 e. The fourth-order valence-electron chi connectivity index (χ4n) is 2.46. The summed E-state index contributed by atoms with van der Waals surface area (Å²) in [7, 11) is 3.17. The van der Waals surface area contributed by atoms with Gasteiger partial charge in [0.2, 0.25) is 0 Å². The summed E-state index contributed by atoms with van der Waals surface area (Å²) in [5.74, 6) is 0.347. The molecule has 0 spiro atoms. The van der Waals surface area contributed by atoms with Crippen molar-refractivity contribution in [3.8, 4) is 5.75 Å². The highest BCUT2D eigenvalue weighted by Gasteiger charge is 2.20. The van der Waals surface area contributed by atoms with E-state index < -0.39 is 0 Å². The van der Waals surface area contributed by atoms with Crippen molar-refractivity contribution in [2.75, 3.05) is 20.8 Å². The number of piperidine rings is 1. The minimum absolute atomic E-state index is 0.111. The van der Waals surface area contributed by atoms with E-state index in [4.69, 9.17) is 9.47 Å². The van der Waals surface area contributed by atoms with Gasteiger partial charge in [0.25, 0.3) is 0 Å². The van der Waals surface area contributed by atoms with Gasteiger partial charge >= 0.3 is 0 Å². The van der Waals surface area contributed by atoms with Crippen molar-refractivity contribution >= 4 is 0 Å². The highest BCUT2D eigenvalue weighted by molar-refractivity contribution is 5.39. The Kier molecular flexibility index (Phi) is 4.55. The fraction of sp³-hybridized carbons (Fsp3) is 0.571. The van der Waals surface area contributed by atoms with Crippen molar-refractivity contribution in [3.05, 3.63) is 29.1 Å². The molecule has 1 aromatic carbocycles. The molecule has 100 valence electrons. The van der Waals surface area contributed by atoms with E-state index in [9.17, 15) is 4.39 Å². The molecule has 1 aromatic rings. The van der Waals surface area contributed by atoms with Crippen molar-refractivity contribution in [1.29, 1.82) is 0 Å². The Labute approximate surface area is 107 Å². The molecule has 1 heterocycles. The SMILES string of the molecule is COCc1cc(C2CCCCN2)c(F)cc1OC. The molecule has 1 unspecified atom stereocenters. The molecule has 1 atom stereocenters. The molecule has 2 rings (SSSR count). The van der Waals surface area contributed by atoms with Gasteiger partial charge in [-0.3, -0.25) is 0 Å². The summed E-state index contributed by atoms with van der Waals surface area (Å²) in [5, 5.41) is 3.36. The average molecular weight is 253 g/mol. The van der Waals surface area contributed by atoms with Gasteiger partial charge < -0.3 is 14.8 Å². The molecule has 1 aliphatic rings. The summed E-state index contributed by atoms with van der Waals surface area (Å²) in [5.41, 5.74) is 1.62. The highest BCUT2D eigenvalue weighted by Crippen LogP contribution is 2.30. The molecule has 3 nitrogen and oxygen atoms in total. The van der Waals surface area contributed by atoms with Gasteiger partial charge in [-0.2, -0.15) is 0 Å². The van der Waals surface area contributed by atoms with E-state index in [0.29, 0.717) is 12.4 Å². The summed E-state index contributed by atoms with van der Waals surface area (Å²) >= 11 is 0. The summed E-state index contributed by atoms with van der Waals surface area (Å²) in [4.78, 5) is 0. The molecule has 1 N–H and O–H groups in total. The molecule has 0 radical (unpaired) electrons. The molecule has 0 bridgehead atoms. The standard InChI is InChI=1S/C14H20FNO2/c1-17-9-10-7-11(12(15)8-14(10)18-2)13-5-3-4-6-16-13/h7-8,13,16H,3-6,9H2,1-2H3. The average Bonchev–Trinajstić information content (AvgIpc) is 2.41. The van der Waals surface area contributed by atoms with Crippen LogP contribution in [-0.4, -0.2) is 20.8 Å². The third-order valence-corrected chi connectivity index (χ3v) is 3.39. The Morgan fingerprint density at radius 1 is 1.33 bits per heavy atom. The molecule has 0 aliphatic carbocycles. The Morgan fingerprint density at radius 2 is 2.17 bits per heavy atom. The second-order valence-electron chi connectivity index (χ2n) is 4.62. The van der Waals surface area contributed by atoms with Crippen molar-refractivity contribution in [3.63, 3.8) is 0 Å². The zero-order valence-corrected chi connectivity index (χ0v) is 11.0. The minimum atomic E-state index is -0.203. The lowest BCUT2D eigenvalue weighted by molar-refractivity contribution is 0.181. The molecule has 0 aromatic heterocycles. The number of methoxy groups -OCH3 is 2. The van der Waals surface area contributed by atoms with Gasteiger partial charge in [-0.1, -0.05) is 6.42 Å². The van der Waals surface area contributed by atoms with Crippen molar-refractivity contribution < 1.29 is 13.9 Å². The number of hydrogen-bond acceptors (Lipinski definition) is 3. The zero-order chi connectivity index (χ0) is 13.0. The maximum absolute atomic E-state index is 14.1. The van der Waals surface area contributed by atoms with Crippen LogP contribution < -0.4 is 10.1 Å². The van der Waals surface area contributed by atoms with Crippen molar-refractivity contribution in [1.82, 2.24) is 5.32 Å². The smallest absolute Gasteiger partial charge is 0.131 e. The van der Waals surface area contributed by atoms with Crippen LogP contribution in [0.25, 0.3) is 0 Å². The number of rotatable bonds is 4. The van der Waals surface area contributed by atoms with E-state index in [-0.39, 0.29) is 11.9 Å². The monoisotopic (exact) mass is 253 g/mol. The van der Waals surface area contributed by atoms with Crippen molar-refractivity contribution in [2.24, 2.45) is 0 Å². The van der Waals surface area contributed by atoms with E-state index >= 15 is 0 Å². The molecule has 0 saturated carbocycles. The first-order valence-corrected chi connectivity index (χ1v) is 6.35. The predicted octanol–water partition coefficient (Wildman–Crippen LogP) is 2.80. The van der Waals surface area contributed by atoms with Gasteiger partial charge in [0, 0.05) is 30.3 Å². The van der Waals surface area contributed by atoms with Gasteiger partial charge in [-0.25, -0.2) is 4.39 Å². The molecular formula is C14H20FNO2. The number of hydrogen-bond donors (Lipinski definition) is 1. The third-order valence-electron chi connectivity index (χ3n) is 3.39. The quantitative estimate of drug-likeness (QED) is 0.895. The Hall–Kier alpha value is -1.13. The Morgan fingerprint density at radius 3 is 2.78 bits per heavy atom. The van der Waals surface area contributed by atoms with Crippen molar-refractivity contribution in [2.45, 2.75) is 31.9 Å². The first kappa shape index (κ1) is 13.3. The van der Waals surface area contributed by atoms with Crippen LogP contribution in [0, 0.1) is 5.82 Å². The zero-order valence-electron chi connectivity index (χ0n) is 11.0. The lowest BCUT2D eigenvalue weighted by Crippen LogP contribution is -2.27. The van der Waals surface area contributed by atoms with E-state index in [1.165, 1.54) is 12.5 Å². The Bertz CT molecular complexity index is 403. The predicted molar refractivity (Wildman–Crippen MR) is 68.3 cm³/mol. The lowest BCUT2D eigenvalue weighted by atomic mass is 9.95. The normalized spacial score (nSPS) is 19.8. The van der Waals surface area contributed by atoms with Crippen LogP contribution >= 0.6 is 0 Å². The summed E-state index contributed by atoms with van der Waals surface area (Å²) in [6, 6.07) is 3.43. The molecule has 1 saturated heterocycles. The van der Waals surface area contributed by atoms with Crippen LogP contribution in [0.2, 0.25) is 0 Å². The van der Waals surface area contributed by atoms with Gasteiger partial charge in [0.15, 0.2) is 0 Å². The summed E-state index contributed by atoms with van der Waals surface area (Å²) in [6.07, 6.45) is 3.29. The number of ether oxygens (including phenoxy) is 2. The van der Waals surface area contributed by atoms with E-state index in [1.54, 1.807) is 14.2 Å². The van der Waals surface area contributed by atoms with Crippen LogP contribution in [-0.2, 0) is 11.3 Å². The lowest BCUT2D eigenvalue weighted by Gasteiger charge is -2.25. The van der Waals surface area contributed by atoms with Crippen LogP contribution in [0.4, 0.5) is 4.39 Å². The second-order valence-corrected chi connectivity index (χ2v) is 4.62. The van der Waals surface area contributed by atoms with E-state index in [0.717, 1.165) is 30.5 Å². The third kappa shape index (κ3) is 2.82. The Balaban J connectivity index is 2.31. The number of nitrogens with one attached hydrogen (secondary N) is 1. The maximum atomic E-state index is 14.1. The number of halogens is 1. The molecule has 0 amide bonds. The molecule has 1 fully saturated rings. The second kappa shape index (κ2) is 6.16. The fourth-order valence-corrected chi connectivity index (χ4v) is 2.46. The van der Waals surface area contributed by atoms with Gasteiger partial charge in [0.05, 0.1) is 13.7 Å². The van der Waals surface area contributed by atoms with E-state index in [2.05, 4.69) is 5.32 Å². The molecule has 18 heavy (non-hydrogen) atoms. The topological polar surface area (TPSA) is 30.5 Å². The van der Waals surface area contributed by atoms with Crippen LogP contribution in [0.5, 0.6) is 5.75 Å². The summed E-state index contributed by atoms with van der Waals surface area (Å²) in [6.45, 7) is 1.39. The van der Waals surface area contributed by atoms with Gasteiger partial charge in [-0.15, -0.1) is 0 Å². The van der Waals surface area contributed by atoms with E-state index in [1.807, 2.05) is 6.07 Å². The van der Waals surface area contributed by atoms with Crippen LogP contribution in [0.1, 0.15) is 36.4 Å². The van der Waals surface area contributed by atoms with Gasteiger partial charge in [-0.05, 0) is 25.5 Å². The van der Waals surface area contributed by atoms with Gasteiger partial charge in [0.1, 0.15) is 11.6 Å². The minimum Gasteiger partial charge on any atom is -0.496 e. The summed E-state index contributed by atoms with van der Waals surface area (Å²) < 4.78 is 24.4. The molecule has 1 aliphatic heterocycles.